The number of hydrogen-bond donors (Lipinski definition) is 1. The molecule has 132 valence electrons. The third-order valence-corrected chi connectivity index (χ3v) is 4.10. The van der Waals surface area contributed by atoms with Gasteiger partial charge < -0.3 is 5.32 Å². The fourth-order valence-electron chi connectivity index (χ4n) is 2.49. The number of carbonyl (C=O) groups excluding carboxylic acids is 4. The molecule has 0 saturated carbocycles. The first kappa shape index (κ1) is 17.6. The normalized spacial score (nSPS) is 14.1. The average molecular weight is 372 g/mol. The van der Waals surface area contributed by atoms with Crippen molar-refractivity contribution in [1.82, 2.24) is 9.80 Å². The Bertz CT molecular complexity index is 885. The van der Waals surface area contributed by atoms with Crippen LogP contribution in [-0.2, 0) is 20.9 Å². The second-order valence-corrected chi connectivity index (χ2v) is 5.99. The summed E-state index contributed by atoms with van der Waals surface area (Å²) in [6, 6.07) is 14.5. The van der Waals surface area contributed by atoms with Gasteiger partial charge in [0, 0.05) is 0 Å². The van der Waals surface area contributed by atoms with Gasteiger partial charge in [-0.15, -0.1) is 0 Å². The van der Waals surface area contributed by atoms with Gasteiger partial charge in [0.25, 0.3) is 0 Å². The van der Waals surface area contributed by atoms with Crippen LogP contribution >= 0.6 is 11.6 Å². The Kier molecular flexibility index (Phi) is 4.99. The van der Waals surface area contributed by atoms with Crippen molar-refractivity contribution < 1.29 is 19.2 Å². The van der Waals surface area contributed by atoms with Crippen LogP contribution in [0.15, 0.2) is 54.6 Å². The van der Waals surface area contributed by atoms with Gasteiger partial charge in [0.05, 0.1) is 17.3 Å². The van der Waals surface area contributed by atoms with Crippen molar-refractivity contribution in [3.05, 3.63) is 65.2 Å². The average Bonchev–Trinajstić information content (AvgIpc) is 2.83. The molecule has 0 aromatic heterocycles. The second-order valence-electron chi connectivity index (χ2n) is 5.58. The molecule has 1 saturated heterocycles. The number of carbonyl (C=O) groups is 4. The SMILES string of the molecule is O=C(CN1C(=O)C(=O)N(Cc2ccccc2)C1=O)Nc1ccccc1Cl. The molecule has 1 N–H and O–H groups in total. The Morgan fingerprint density at radius 2 is 1.50 bits per heavy atom. The zero-order valence-corrected chi connectivity index (χ0v) is 14.3. The predicted octanol–water partition coefficient (Wildman–Crippen LogP) is 2.27. The summed E-state index contributed by atoms with van der Waals surface area (Å²) >= 11 is 5.95. The fourth-order valence-corrected chi connectivity index (χ4v) is 2.67. The Labute approximate surface area is 154 Å². The highest BCUT2D eigenvalue weighted by molar-refractivity contribution is 6.45. The fraction of sp³-hybridized carbons (Fsp3) is 0.111. The molecule has 0 radical (unpaired) electrons. The maximum atomic E-state index is 12.4. The summed E-state index contributed by atoms with van der Waals surface area (Å²) in [7, 11) is 0. The molecule has 0 aliphatic carbocycles. The number of nitrogens with one attached hydrogen (secondary N) is 1. The highest BCUT2D eigenvalue weighted by Gasteiger charge is 2.45. The molecule has 2 aromatic rings. The summed E-state index contributed by atoms with van der Waals surface area (Å²) in [5.41, 5.74) is 1.05. The van der Waals surface area contributed by atoms with Gasteiger partial charge in [0.15, 0.2) is 0 Å². The quantitative estimate of drug-likeness (QED) is 0.645. The predicted molar refractivity (Wildman–Crippen MR) is 94.2 cm³/mol. The number of anilines is 1. The van der Waals surface area contributed by atoms with Crippen molar-refractivity contribution in [3.8, 4) is 0 Å². The molecule has 5 amide bonds. The zero-order chi connectivity index (χ0) is 18.7. The van der Waals surface area contributed by atoms with Gasteiger partial charge in [-0.3, -0.25) is 19.3 Å². The van der Waals surface area contributed by atoms with Crippen LogP contribution < -0.4 is 5.32 Å². The number of hydrogen-bond acceptors (Lipinski definition) is 4. The van der Waals surface area contributed by atoms with E-state index >= 15 is 0 Å². The molecule has 7 nitrogen and oxygen atoms in total. The van der Waals surface area contributed by atoms with Crippen LogP contribution in [0.5, 0.6) is 0 Å². The number of rotatable bonds is 5. The van der Waals surface area contributed by atoms with E-state index in [0.717, 1.165) is 4.90 Å². The highest BCUT2D eigenvalue weighted by atomic mass is 35.5. The molecule has 8 heteroatoms. The van der Waals surface area contributed by atoms with E-state index in [1.165, 1.54) is 0 Å². The summed E-state index contributed by atoms with van der Waals surface area (Å²) in [6.45, 7) is -0.604. The Hall–Kier alpha value is -3.19. The van der Waals surface area contributed by atoms with Crippen molar-refractivity contribution in [2.24, 2.45) is 0 Å². The van der Waals surface area contributed by atoms with E-state index in [1.807, 2.05) is 0 Å². The molecule has 0 bridgehead atoms. The van der Waals surface area contributed by atoms with Gasteiger partial charge in [-0.25, -0.2) is 9.69 Å². The molecule has 1 aliphatic rings. The monoisotopic (exact) mass is 371 g/mol. The van der Waals surface area contributed by atoms with Crippen molar-refractivity contribution in [3.63, 3.8) is 0 Å². The first-order chi connectivity index (χ1) is 12.5. The smallest absolute Gasteiger partial charge is 0.323 e. The van der Waals surface area contributed by atoms with E-state index < -0.39 is 30.3 Å². The Balaban J connectivity index is 1.69. The Morgan fingerprint density at radius 3 is 2.19 bits per heavy atom. The molecule has 26 heavy (non-hydrogen) atoms. The highest BCUT2D eigenvalue weighted by Crippen LogP contribution is 2.21. The number of para-hydroxylation sites is 1. The van der Waals surface area contributed by atoms with Gasteiger partial charge in [0.1, 0.15) is 6.54 Å². The number of halogens is 1. The van der Waals surface area contributed by atoms with E-state index in [4.69, 9.17) is 11.6 Å². The minimum Gasteiger partial charge on any atom is -0.323 e. The van der Waals surface area contributed by atoms with E-state index in [-0.39, 0.29) is 6.54 Å². The molecular formula is C18H14ClN3O4. The lowest BCUT2D eigenvalue weighted by Gasteiger charge is -2.15. The van der Waals surface area contributed by atoms with Gasteiger partial charge in [-0.05, 0) is 17.7 Å². The number of imide groups is 2. The third kappa shape index (κ3) is 3.57. The van der Waals surface area contributed by atoms with E-state index in [0.29, 0.717) is 21.2 Å². The maximum absolute atomic E-state index is 12.4. The minimum atomic E-state index is -1.03. The van der Waals surface area contributed by atoms with Crippen LogP contribution in [0.4, 0.5) is 10.5 Å². The van der Waals surface area contributed by atoms with Crippen LogP contribution in [0.2, 0.25) is 5.02 Å². The van der Waals surface area contributed by atoms with Gasteiger partial charge in [0.2, 0.25) is 5.91 Å². The summed E-state index contributed by atoms with van der Waals surface area (Å²) in [6.07, 6.45) is 0. The van der Waals surface area contributed by atoms with Crippen molar-refractivity contribution in [2.45, 2.75) is 6.54 Å². The number of benzene rings is 2. The molecule has 0 unspecified atom stereocenters. The van der Waals surface area contributed by atoms with Gasteiger partial charge in [-0.2, -0.15) is 0 Å². The van der Waals surface area contributed by atoms with Crippen molar-refractivity contribution in [1.29, 1.82) is 0 Å². The molecule has 1 heterocycles. The zero-order valence-electron chi connectivity index (χ0n) is 13.5. The first-order valence-corrected chi connectivity index (χ1v) is 8.11. The number of nitrogens with zero attached hydrogens (tertiary/aromatic N) is 2. The summed E-state index contributed by atoms with van der Waals surface area (Å²) in [5, 5.41) is 2.83. The van der Waals surface area contributed by atoms with Crippen molar-refractivity contribution in [2.75, 3.05) is 11.9 Å². The minimum absolute atomic E-state index is 0.0348. The molecule has 1 aliphatic heterocycles. The van der Waals surface area contributed by atoms with Gasteiger partial charge in [-0.1, -0.05) is 54.1 Å². The molecular weight excluding hydrogens is 358 g/mol. The van der Waals surface area contributed by atoms with Crippen LogP contribution in [0.1, 0.15) is 5.56 Å². The van der Waals surface area contributed by atoms with E-state index in [1.54, 1.807) is 54.6 Å². The summed E-state index contributed by atoms with van der Waals surface area (Å²) < 4.78 is 0. The van der Waals surface area contributed by atoms with Crippen LogP contribution in [-0.4, -0.2) is 40.1 Å². The topological polar surface area (TPSA) is 86.8 Å². The largest absolute Gasteiger partial charge is 0.335 e. The first-order valence-electron chi connectivity index (χ1n) is 7.73. The van der Waals surface area contributed by atoms with Crippen molar-refractivity contribution >= 4 is 41.0 Å². The Morgan fingerprint density at radius 1 is 0.885 bits per heavy atom. The molecule has 2 aromatic carbocycles. The van der Waals surface area contributed by atoms with Crippen LogP contribution in [0, 0.1) is 0 Å². The summed E-state index contributed by atoms with van der Waals surface area (Å²) in [5.74, 6) is -2.61. The van der Waals surface area contributed by atoms with Gasteiger partial charge >= 0.3 is 17.8 Å². The standard InChI is InChI=1S/C18H14ClN3O4/c19-13-8-4-5-9-14(13)20-15(23)11-22-17(25)16(24)21(18(22)26)10-12-6-2-1-3-7-12/h1-9H,10-11H2,(H,20,23). The molecule has 0 atom stereocenters. The lowest BCUT2D eigenvalue weighted by atomic mass is 10.2. The third-order valence-electron chi connectivity index (χ3n) is 3.77. The van der Waals surface area contributed by atoms with E-state index in [9.17, 15) is 19.2 Å². The lowest BCUT2D eigenvalue weighted by molar-refractivity contribution is -0.143. The lowest BCUT2D eigenvalue weighted by Crippen LogP contribution is -2.38. The maximum Gasteiger partial charge on any atom is 0.335 e. The molecule has 3 rings (SSSR count). The molecule has 1 fully saturated rings. The summed E-state index contributed by atoms with van der Waals surface area (Å²) in [4.78, 5) is 50.1. The van der Waals surface area contributed by atoms with Crippen LogP contribution in [0.3, 0.4) is 0 Å². The number of amides is 5. The molecule has 0 spiro atoms. The second kappa shape index (κ2) is 7.37. The number of urea groups is 1. The van der Waals surface area contributed by atoms with E-state index in [2.05, 4.69) is 5.32 Å². The van der Waals surface area contributed by atoms with Crippen LogP contribution in [0.25, 0.3) is 0 Å².